The zero-order valence-electron chi connectivity index (χ0n) is 17.6. The van der Waals surface area contributed by atoms with Crippen molar-refractivity contribution in [3.8, 4) is 0 Å². The van der Waals surface area contributed by atoms with Gasteiger partial charge in [0.2, 0.25) is 0 Å². The first-order valence-electron chi connectivity index (χ1n) is 8.74. The number of hydrogen-bond donors (Lipinski definition) is 0. The summed E-state index contributed by atoms with van der Waals surface area (Å²) in [5.41, 5.74) is 0. The van der Waals surface area contributed by atoms with Gasteiger partial charge in [0, 0.05) is 0 Å². The van der Waals surface area contributed by atoms with Crippen LogP contribution in [0.15, 0.2) is 0 Å². The van der Waals surface area contributed by atoms with Crippen LogP contribution in [-0.2, 0) is 11.8 Å². The highest BCUT2D eigenvalue weighted by Gasteiger charge is 2.93. The van der Waals surface area contributed by atoms with Crippen molar-refractivity contribution in [2.24, 2.45) is 0 Å². The highest BCUT2D eigenvalue weighted by Crippen LogP contribution is 2.67. The van der Waals surface area contributed by atoms with Crippen molar-refractivity contribution in [3.63, 3.8) is 0 Å². The SMILES string of the molecule is FC(F)(F)C(F)(F)C(F)(F)C(F)(F)C(F)(F)C(F)(F)c1ssc1C(F)(F)C(F)(F)C(F)(F)C(F)(F)C(F)(F)C(F)(F)F. The smallest absolute Gasteiger partial charge is 0.193 e. The maximum absolute atomic E-state index is 14.0. The predicted molar refractivity (Wildman–Crippen MR) is 81.7 cm³/mol. The third-order valence-corrected chi connectivity index (χ3v) is 7.57. The quantitative estimate of drug-likeness (QED) is 0.166. The van der Waals surface area contributed by atoms with Gasteiger partial charge in [0.05, 0.1) is 0 Å². The van der Waals surface area contributed by atoms with Crippen molar-refractivity contribution in [1.82, 2.24) is 0 Å². The molecule has 28 heteroatoms. The molecule has 0 N–H and O–H groups in total. The van der Waals surface area contributed by atoms with Crippen LogP contribution in [0.1, 0.15) is 9.75 Å². The molecule has 0 radical (unpaired) electrons. The van der Waals surface area contributed by atoms with E-state index < -0.39 is 102 Å². The second-order valence-corrected chi connectivity index (χ2v) is 9.71. The zero-order valence-corrected chi connectivity index (χ0v) is 19.3. The summed E-state index contributed by atoms with van der Waals surface area (Å²) in [5.74, 6) is -84.3. The molecule has 42 heavy (non-hydrogen) atoms. The standard InChI is InChI=1S/C14F26S2/c15-3(16,5(19,20)7(23,24)9(27,28)11(31,32)13(35,36)37)1-2(42-41-1)4(17,18)6(21,22)8(25,26)10(29,30)12(33,34)14(38,39)40. The summed E-state index contributed by atoms with van der Waals surface area (Å²) in [6, 6.07) is 0. The minimum absolute atomic E-state index is 1.74. The van der Waals surface area contributed by atoms with Crippen LogP contribution >= 0.6 is 20.7 Å². The fraction of sp³-hybridized carbons (Fsp3) is 0.857. The average Bonchev–Trinajstić information content (AvgIpc) is 2.69. The van der Waals surface area contributed by atoms with Crippen molar-refractivity contribution in [2.45, 2.75) is 71.6 Å². The fourth-order valence-corrected chi connectivity index (χ4v) is 4.69. The summed E-state index contributed by atoms with van der Waals surface area (Å²) >= 11 is 0. The van der Waals surface area contributed by atoms with Gasteiger partial charge in [0.1, 0.15) is 9.75 Å². The minimum Gasteiger partial charge on any atom is -0.193 e. The van der Waals surface area contributed by atoms with Crippen LogP contribution in [0.2, 0.25) is 0 Å². The van der Waals surface area contributed by atoms with Gasteiger partial charge in [0.15, 0.2) is 0 Å². The Bertz CT molecular complexity index is 1040. The molecule has 1 heterocycles. The summed E-state index contributed by atoms with van der Waals surface area (Å²) in [6.07, 6.45) is -15.9. The lowest BCUT2D eigenvalue weighted by Crippen LogP contribution is -2.70. The van der Waals surface area contributed by atoms with Crippen LogP contribution in [0.5, 0.6) is 0 Å². The molecule has 0 amide bonds. The van der Waals surface area contributed by atoms with Crippen LogP contribution in [0.25, 0.3) is 0 Å². The van der Waals surface area contributed by atoms with Crippen molar-refractivity contribution in [3.05, 3.63) is 9.75 Å². The molecule has 0 saturated heterocycles. The van der Waals surface area contributed by atoms with Gasteiger partial charge in [-0.2, -0.15) is 114 Å². The van der Waals surface area contributed by atoms with Gasteiger partial charge in [-0.05, 0) is 0 Å². The first-order chi connectivity index (χ1) is 17.7. The van der Waals surface area contributed by atoms with Gasteiger partial charge in [-0.3, -0.25) is 0 Å². The molecule has 1 rings (SSSR count). The van der Waals surface area contributed by atoms with Crippen molar-refractivity contribution in [1.29, 1.82) is 0 Å². The van der Waals surface area contributed by atoms with Gasteiger partial charge >= 0.3 is 71.6 Å². The second-order valence-electron chi connectivity index (χ2n) is 7.56. The Morgan fingerprint density at radius 1 is 0.238 bits per heavy atom. The largest absolute Gasteiger partial charge is 0.460 e. The Balaban J connectivity index is 3.84. The molecule has 1 aromatic heterocycles. The number of halogens is 26. The molecule has 0 nitrogen and oxygen atoms in total. The molecule has 0 aliphatic rings. The van der Waals surface area contributed by atoms with Crippen molar-refractivity contribution < 1.29 is 114 Å². The molecule has 1 aromatic rings. The van der Waals surface area contributed by atoms with Crippen LogP contribution in [0.4, 0.5) is 114 Å². The van der Waals surface area contributed by atoms with Crippen LogP contribution in [0, 0.1) is 0 Å². The molecular formula is C14F26S2. The van der Waals surface area contributed by atoms with Crippen LogP contribution in [-0.4, -0.2) is 59.7 Å². The van der Waals surface area contributed by atoms with E-state index in [9.17, 15) is 114 Å². The maximum Gasteiger partial charge on any atom is 0.460 e. The van der Waals surface area contributed by atoms with Crippen LogP contribution in [0.3, 0.4) is 0 Å². The molecule has 0 bridgehead atoms. The average molecular weight is 726 g/mol. The second kappa shape index (κ2) is 9.43. The summed E-state index contributed by atoms with van der Waals surface area (Å²) in [4.78, 5) is -8.04. The summed E-state index contributed by atoms with van der Waals surface area (Å²) in [7, 11) is -3.48. The molecule has 0 aliphatic carbocycles. The van der Waals surface area contributed by atoms with Crippen molar-refractivity contribution in [2.75, 3.05) is 0 Å². The molecule has 0 fully saturated rings. The van der Waals surface area contributed by atoms with E-state index in [1.54, 1.807) is 0 Å². The highest BCUT2D eigenvalue weighted by atomic mass is 32.9. The molecule has 250 valence electrons. The maximum atomic E-state index is 14.0. The van der Waals surface area contributed by atoms with Gasteiger partial charge in [0.25, 0.3) is 0 Å². The predicted octanol–water partition coefficient (Wildman–Crippen LogP) is 10.2. The summed E-state index contributed by atoms with van der Waals surface area (Å²) < 4.78 is 342. The Morgan fingerprint density at radius 3 is 0.548 bits per heavy atom. The first-order valence-corrected chi connectivity index (χ1v) is 10.9. The van der Waals surface area contributed by atoms with E-state index in [-0.39, 0.29) is 0 Å². The molecule has 0 unspecified atom stereocenters. The Kier molecular flexibility index (Phi) is 8.62. The highest BCUT2D eigenvalue weighted by molar-refractivity contribution is 7.72. The van der Waals surface area contributed by atoms with E-state index in [0.29, 0.717) is 0 Å². The molecule has 0 spiro atoms. The summed E-state index contributed by atoms with van der Waals surface area (Å²) in [6.45, 7) is 0. The van der Waals surface area contributed by atoms with Gasteiger partial charge in [-0.1, -0.05) is 20.7 Å². The van der Waals surface area contributed by atoms with Gasteiger partial charge in [-0.15, -0.1) is 0 Å². The first kappa shape index (κ1) is 38.4. The van der Waals surface area contributed by atoms with E-state index in [0.717, 1.165) is 0 Å². The molecule has 0 atom stereocenters. The molecule has 0 aliphatic heterocycles. The monoisotopic (exact) mass is 726 g/mol. The van der Waals surface area contributed by atoms with Crippen molar-refractivity contribution >= 4 is 20.7 Å². The minimum atomic E-state index is -8.75. The van der Waals surface area contributed by atoms with E-state index in [1.807, 2.05) is 0 Å². The van der Waals surface area contributed by atoms with Gasteiger partial charge < -0.3 is 0 Å². The molecule has 0 saturated carbocycles. The van der Waals surface area contributed by atoms with E-state index >= 15 is 0 Å². The number of hydrogen-bond acceptors (Lipinski definition) is 2. The molecular weight excluding hydrogens is 726 g/mol. The Labute approximate surface area is 217 Å². The fourth-order valence-electron chi connectivity index (χ4n) is 2.34. The van der Waals surface area contributed by atoms with Gasteiger partial charge in [-0.25, -0.2) is 0 Å². The van der Waals surface area contributed by atoms with E-state index in [1.165, 1.54) is 0 Å². The third-order valence-electron chi connectivity index (χ3n) is 4.85. The van der Waals surface area contributed by atoms with Crippen LogP contribution < -0.4 is 0 Å². The zero-order chi connectivity index (χ0) is 34.6. The number of rotatable bonds is 10. The topological polar surface area (TPSA) is 0 Å². The lowest BCUT2D eigenvalue weighted by Gasteiger charge is -2.42. The Hall–Kier alpha value is -1.64. The normalized spacial score (nSPS) is 16.8. The Morgan fingerprint density at radius 2 is 0.405 bits per heavy atom. The number of alkyl halides is 26. The van der Waals surface area contributed by atoms with E-state index in [2.05, 4.69) is 0 Å². The lowest BCUT2D eigenvalue weighted by atomic mass is 9.90. The lowest BCUT2D eigenvalue weighted by molar-refractivity contribution is -0.443. The molecule has 0 aromatic carbocycles. The summed E-state index contributed by atoms with van der Waals surface area (Å²) in [5, 5.41) is 0. The van der Waals surface area contributed by atoms with E-state index in [4.69, 9.17) is 0 Å². The third kappa shape index (κ3) is 4.48.